The van der Waals surface area contributed by atoms with Crippen LogP contribution in [0.4, 0.5) is 14.5 Å². The first kappa shape index (κ1) is 18.9. The highest BCUT2D eigenvalue weighted by Gasteiger charge is 2.19. The van der Waals surface area contributed by atoms with E-state index in [1.165, 1.54) is 17.9 Å². The van der Waals surface area contributed by atoms with Gasteiger partial charge in [0.2, 0.25) is 5.91 Å². The maximum atomic E-state index is 13.3. The summed E-state index contributed by atoms with van der Waals surface area (Å²) in [6.07, 6.45) is 0. The van der Waals surface area contributed by atoms with Crippen LogP contribution < -0.4 is 4.72 Å². The number of anilines is 1. The smallest absolute Gasteiger partial charge is 0.262 e. The van der Waals surface area contributed by atoms with Gasteiger partial charge in [0.05, 0.1) is 10.6 Å². The molecule has 0 aliphatic carbocycles. The minimum absolute atomic E-state index is 0.146. The number of carbonyl (C=O) groups excluding carboxylic acids is 1. The maximum Gasteiger partial charge on any atom is 0.262 e. The minimum Gasteiger partial charge on any atom is -0.339 e. The number of hydrogen-bond acceptors (Lipinski definition) is 3. The van der Waals surface area contributed by atoms with E-state index in [4.69, 9.17) is 0 Å². The van der Waals surface area contributed by atoms with Crippen molar-refractivity contribution in [3.05, 3.63) is 59.7 Å². The average Bonchev–Trinajstić information content (AvgIpc) is 2.52. The highest BCUT2D eigenvalue weighted by molar-refractivity contribution is 7.92. The van der Waals surface area contributed by atoms with Gasteiger partial charge in [0.25, 0.3) is 10.0 Å². The predicted molar refractivity (Wildman–Crippen MR) is 90.4 cm³/mol. The number of hydrogen-bond donors (Lipinski definition) is 1. The number of halogens is 2. The number of benzene rings is 2. The molecule has 0 aliphatic heterocycles. The molecule has 0 bridgehead atoms. The summed E-state index contributed by atoms with van der Waals surface area (Å²) in [4.78, 5) is 12.6. The van der Waals surface area contributed by atoms with Crippen molar-refractivity contribution in [3.63, 3.8) is 0 Å². The molecule has 25 heavy (non-hydrogen) atoms. The Hall–Kier alpha value is -2.48. The van der Waals surface area contributed by atoms with Gasteiger partial charge < -0.3 is 4.90 Å². The standard InChI is InChI=1S/C17H18F2N2O3S/c1-3-21(12(2)22)11-13-6-4-5-7-17(13)20-25(23,24)16-9-14(18)8-15(19)10-16/h4-10,20H,3,11H2,1-2H3. The summed E-state index contributed by atoms with van der Waals surface area (Å²) in [7, 11) is -4.18. The van der Waals surface area contributed by atoms with Crippen LogP contribution in [-0.4, -0.2) is 25.8 Å². The molecule has 134 valence electrons. The molecule has 1 N–H and O–H groups in total. The summed E-state index contributed by atoms with van der Waals surface area (Å²) in [5.41, 5.74) is 0.812. The fraction of sp³-hybridized carbons (Fsp3) is 0.235. The monoisotopic (exact) mass is 368 g/mol. The van der Waals surface area contributed by atoms with Gasteiger partial charge in [0, 0.05) is 26.1 Å². The Kier molecular flexibility index (Phi) is 5.73. The molecule has 8 heteroatoms. The van der Waals surface area contributed by atoms with Crippen LogP contribution in [0.3, 0.4) is 0 Å². The van der Waals surface area contributed by atoms with Crippen LogP contribution in [0.5, 0.6) is 0 Å². The fourth-order valence-electron chi connectivity index (χ4n) is 2.30. The average molecular weight is 368 g/mol. The number of sulfonamides is 1. The Morgan fingerprint density at radius 2 is 1.72 bits per heavy atom. The lowest BCUT2D eigenvalue weighted by molar-refractivity contribution is -0.129. The third-order valence-electron chi connectivity index (χ3n) is 3.60. The lowest BCUT2D eigenvalue weighted by Gasteiger charge is -2.21. The predicted octanol–water partition coefficient (Wildman–Crippen LogP) is 3.13. The van der Waals surface area contributed by atoms with Gasteiger partial charge in [0.1, 0.15) is 11.6 Å². The molecule has 0 heterocycles. The molecule has 0 atom stereocenters. The summed E-state index contributed by atoms with van der Waals surface area (Å²) in [6, 6.07) is 8.61. The van der Waals surface area contributed by atoms with E-state index in [1.54, 1.807) is 18.2 Å². The van der Waals surface area contributed by atoms with Crippen molar-refractivity contribution in [2.24, 2.45) is 0 Å². The first-order chi connectivity index (χ1) is 11.7. The van der Waals surface area contributed by atoms with E-state index in [9.17, 15) is 22.0 Å². The van der Waals surface area contributed by atoms with Crippen LogP contribution in [0.2, 0.25) is 0 Å². The zero-order valence-electron chi connectivity index (χ0n) is 13.8. The highest BCUT2D eigenvalue weighted by Crippen LogP contribution is 2.22. The van der Waals surface area contributed by atoms with E-state index < -0.39 is 26.6 Å². The Balaban J connectivity index is 2.35. The molecule has 1 amide bonds. The van der Waals surface area contributed by atoms with Crippen LogP contribution >= 0.6 is 0 Å². The first-order valence-electron chi connectivity index (χ1n) is 7.55. The lowest BCUT2D eigenvalue weighted by Crippen LogP contribution is -2.28. The van der Waals surface area contributed by atoms with Gasteiger partial charge in [0.15, 0.2) is 0 Å². The molecule has 0 unspecified atom stereocenters. The Bertz CT molecular complexity index is 865. The fourth-order valence-corrected chi connectivity index (χ4v) is 3.44. The molecule has 0 aliphatic rings. The van der Waals surface area contributed by atoms with Gasteiger partial charge in [-0.3, -0.25) is 9.52 Å². The third-order valence-corrected chi connectivity index (χ3v) is 4.94. The maximum absolute atomic E-state index is 13.3. The normalized spacial score (nSPS) is 11.2. The topological polar surface area (TPSA) is 66.5 Å². The zero-order chi connectivity index (χ0) is 18.6. The van der Waals surface area contributed by atoms with Crippen molar-refractivity contribution in [1.82, 2.24) is 4.90 Å². The van der Waals surface area contributed by atoms with E-state index in [0.717, 1.165) is 12.1 Å². The summed E-state index contributed by atoms with van der Waals surface area (Å²) in [6.45, 7) is 3.91. The number of para-hydroxylation sites is 1. The number of carbonyl (C=O) groups is 1. The molecule has 0 fully saturated rings. The Morgan fingerprint density at radius 1 is 1.12 bits per heavy atom. The number of nitrogens with zero attached hydrogens (tertiary/aromatic N) is 1. The highest BCUT2D eigenvalue weighted by atomic mass is 32.2. The molecular weight excluding hydrogens is 350 g/mol. The lowest BCUT2D eigenvalue weighted by atomic mass is 10.1. The Labute approximate surface area is 145 Å². The van der Waals surface area contributed by atoms with E-state index >= 15 is 0 Å². The number of amides is 1. The second-order valence-electron chi connectivity index (χ2n) is 5.40. The van der Waals surface area contributed by atoms with Crippen LogP contribution in [0.15, 0.2) is 47.4 Å². The van der Waals surface area contributed by atoms with Gasteiger partial charge >= 0.3 is 0 Å². The van der Waals surface area contributed by atoms with Crippen molar-refractivity contribution in [3.8, 4) is 0 Å². The van der Waals surface area contributed by atoms with Crippen molar-refractivity contribution >= 4 is 21.6 Å². The SMILES string of the molecule is CCN(Cc1ccccc1NS(=O)(=O)c1cc(F)cc(F)c1)C(C)=O. The van der Waals surface area contributed by atoms with Crippen molar-refractivity contribution in [1.29, 1.82) is 0 Å². The van der Waals surface area contributed by atoms with Crippen molar-refractivity contribution < 1.29 is 22.0 Å². The van der Waals surface area contributed by atoms with Gasteiger partial charge in [-0.15, -0.1) is 0 Å². The first-order valence-corrected chi connectivity index (χ1v) is 9.03. The molecule has 0 spiro atoms. The quantitative estimate of drug-likeness (QED) is 0.852. The van der Waals surface area contributed by atoms with Gasteiger partial charge in [-0.1, -0.05) is 18.2 Å². The third kappa shape index (κ3) is 4.76. The zero-order valence-corrected chi connectivity index (χ0v) is 14.6. The van der Waals surface area contributed by atoms with Gasteiger partial charge in [-0.25, -0.2) is 17.2 Å². The summed E-state index contributed by atoms with van der Waals surface area (Å²) < 4.78 is 53.8. The largest absolute Gasteiger partial charge is 0.339 e. The second kappa shape index (κ2) is 7.60. The van der Waals surface area contributed by atoms with E-state index in [2.05, 4.69) is 4.72 Å². The van der Waals surface area contributed by atoms with Crippen molar-refractivity contribution in [2.45, 2.75) is 25.3 Å². The minimum atomic E-state index is -4.18. The molecular formula is C17H18F2N2O3S. The molecule has 0 aromatic heterocycles. The molecule has 0 saturated carbocycles. The molecule has 0 radical (unpaired) electrons. The van der Waals surface area contributed by atoms with Gasteiger partial charge in [-0.05, 0) is 30.7 Å². The van der Waals surface area contributed by atoms with E-state index in [0.29, 0.717) is 18.2 Å². The summed E-state index contributed by atoms with van der Waals surface area (Å²) in [5.74, 6) is -2.11. The number of nitrogens with one attached hydrogen (secondary N) is 1. The Morgan fingerprint density at radius 3 is 2.28 bits per heavy atom. The second-order valence-corrected chi connectivity index (χ2v) is 7.08. The summed E-state index contributed by atoms with van der Waals surface area (Å²) in [5, 5.41) is 0. The van der Waals surface area contributed by atoms with Crippen LogP contribution in [0, 0.1) is 11.6 Å². The molecule has 5 nitrogen and oxygen atoms in total. The molecule has 2 aromatic carbocycles. The van der Waals surface area contributed by atoms with E-state index in [1.807, 2.05) is 6.92 Å². The van der Waals surface area contributed by atoms with E-state index in [-0.39, 0.29) is 18.1 Å². The van der Waals surface area contributed by atoms with Crippen molar-refractivity contribution in [2.75, 3.05) is 11.3 Å². The van der Waals surface area contributed by atoms with Gasteiger partial charge in [-0.2, -0.15) is 0 Å². The number of rotatable bonds is 6. The molecule has 2 aromatic rings. The molecule has 2 rings (SSSR count). The van der Waals surface area contributed by atoms with Crippen LogP contribution in [0.1, 0.15) is 19.4 Å². The van der Waals surface area contributed by atoms with Crippen LogP contribution in [0.25, 0.3) is 0 Å². The molecule has 0 saturated heterocycles. The van der Waals surface area contributed by atoms with Crippen LogP contribution in [-0.2, 0) is 21.4 Å². The summed E-state index contributed by atoms with van der Waals surface area (Å²) >= 11 is 0.